The van der Waals surface area contributed by atoms with Crippen molar-refractivity contribution in [3.63, 3.8) is 0 Å². The van der Waals surface area contributed by atoms with Crippen LogP contribution in [0.1, 0.15) is 56.0 Å². The van der Waals surface area contributed by atoms with Crippen molar-refractivity contribution in [3.8, 4) is 0 Å². The Balaban J connectivity index is 0.000000368. The Bertz CT molecular complexity index is 969. The number of nitrogens with zero attached hydrogens (tertiary/aromatic N) is 4. The van der Waals surface area contributed by atoms with Gasteiger partial charge in [0.15, 0.2) is 0 Å². The first kappa shape index (κ1) is 26.6. The van der Waals surface area contributed by atoms with Crippen LogP contribution in [0.3, 0.4) is 0 Å². The molecular formula is C26H37ClN4. The van der Waals surface area contributed by atoms with E-state index in [4.69, 9.17) is 11.6 Å². The molecule has 31 heavy (non-hydrogen) atoms. The minimum absolute atomic E-state index is 0.619. The average Bonchev–Trinajstić information content (AvgIpc) is 3.11. The predicted octanol–water partition coefficient (Wildman–Crippen LogP) is 6.99. The van der Waals surface area contributed by atoms with E-state index in [0.717, 1.165) is 33.5 Å². The highest BCUT2D eigenvalue weighted by atomic mass is 35.5. The van der Waals surface area contributed by atoms with Crippen molar-refractivity contribution in [2.24, 2.45) is 0 Å². The lowest BCUT2D eigenvalue weighted by Gasteiger charge is -2.12. The van der Waals surface area contributed by atoms with Gasteiger partial charge >= 0.3 is 0 Å². The lowest BCUT2D eigenvalue weighted by atomic mass is 9.99. The van der Waals surface area contributed by atoms with E-state index in [9.17, 15) is 0 Å². The fourth-order valence-corrected chi connectivity index (χ4v) is 3.29. The van der Waals surface area contributed by atoms with E-state index in [-0.39, 0.29) is 0 Å². The van der Waals surface area contributed by atoms with Crippen LogP contribution in [0.25, 0.3) is 11.1 Å². The van der Waals surface area contributed by atoms with E-state index in [0.29, 0.717) is 5.02 Å². The molecule has 0 aliphatic rings. The van der Waals surface area contributed by atoms with Gasteiger partial charge < -0.3 is 4.90 Å². The standard InChI is InChI=1S/C16H14ClN3.C7H17N.C3H6/c1-10-8-19-20-5-4-13(6-16(10)20)11(2)15-7-14(17)9-18-12(15)3;1-4-6-8(3)7-5-2;1-3-2/h4-9H,2H2,1,3H3;4-7H2,1-3H3;3H,1H2,2H3. The van der Waals surface area contributed by atoms with Crippen LogP contribution < -0.4 is 0 Å². The van der Waals surface area contributed by atoms with Gasteiger partial charge in [-0.25, -0.2) is 4.52 Å². The SMILES string of the molecule is C=C(c1ccn2ncc(C)c2c1)c1cc(Cl)cnc1C.C=CC.CCCN(C)CCC. The van der Waals surface area contributed by atoms with Crippen LogP contribution in [-0.4, -0.2) is 39.6 Å². The Hall–Kier alpha value is -2.43. The van der Waals surface area contributed by atoms with Crippen LogP contribution in [0, 0.1) is 13.8 Å². The van der Waals surface area contributed by atoms with Gasteiger partial charge in [0.2, 0.25) is 0 Å². The molecule has 4 nitrogen and oxygen atoms in total. The Kier molecular flexibility index (Phi) is 11.8. The largest absolute Gasteiger partial charge is 0.306 e. The second-order valence-electron chi connectivity index (χ2n) is 7.55. The van der Waals surface area contributed by atoms with Crippen LogP contribution in [-0.2, 0) is 0 Å². The molecular weight excluding hydrogens is 404 g/mol. The Morgan fingerprint density at radius 3 is 2.35 bits per heavy atom. The van der Waals surface area contributed by atoms with E-state index in [1.54, 1.807) is 12.3 Å². The van der Waals surface area contributed by atoms with Crippen LogP contribution in [0.2, 0.25) is 5.02 Å². The number of hydrogen-bond acceptors (Lipinski definition) is 3. The van der Waals surface area contributed by atoms with Gasteiger partial charge in [0.25, 0.3) is 0 Å². The van der Waals surface area contributed by atoms with E-state index < -0.39 is 0 Å². The molecule has 0 saturated carbocycles. The Morgan fingerprint density at radius 2 is 1.77 bits per heavy atom. The van der Waals surface area contributed by atoms with Gasteiger partial charge in [0, 0.05) is 23.7 Å². The van der Waals surface area contributed by atoms with Crippen molar-refractivity contribution in [1.29, 1.82) is 0 Å². The van der Waals surface area contributed by atoms with Crippen molar-refractivity contribution >= 4 is 22.7 Å². The van der Waals surface area contributed by atoms with E-state index in [1.807, 2.05) is 49.8 Å². The molecule has 0 saturated heterocycles. The second kappa shape index (κ2) is 13.8. The third kappa shape index (κ3) is 8.31. The van der Waals surface area contributed by atoms with Gasteiger partial charge in [-0.15, -0.1) is 6.58 Å². The van der Waals surface area contributed by atoms with Crippen molar-refractivity contribution < 1.29 is 0 Å². The minimum Gasteiger partial charge on any atom is -0.306 e. The molecule has 3 heterocycles. The third-order valence-corrected chi connectivity index (χ3v) is 4.86. The summed E-state index contributed by atoms with van der Waals surface area (Å²) in [6, 6.07) is 5.99. The van der Waals surface area contributed by atoms with Gasteiger partial charge in [-0.1, -0.05) is 38.1 Å². The molecule has 3 rings (SSSR count). The maximum Gasteiger partial charge on any atom is 0.0696 e. The van der Waals surface area contributed by atoms with Gasteiger partial charge in [-0.05, 0) is 88.6 Å². The van der Waals surface area contributed by atoms with Crippen LogP contribution in [0.4, 0.5) is 0 Å². The molecule has 0 amide bonds. The molecule has 0 aromatic carbocycles. The first-order valence-electron chi connectivity index (χ1n) is 10.8. The highest BCUT2D eigenvalue weighted by Gasteiger charge is 2.09. The topological polar surface area (TPSA) is 33.4 Å². The molecule has 0 atom stereocenters. The van der Waals surface area contributed by atoms with Crippen molar-refractivity contribution in [3.05, 3.63) is 83.4 Å². The summed E-state index contributed by atoms with van der Waals surface area (Å²) >= 11 is 6.03. The number of pyridine rings is 2. The van der Waals surface area contributed by atoms with Gasteiger partial charge in [-0.3, -0.25) is 4.98 Å². The van der Waals surface area contributed by atoms with Crippen molar-refractivity contribution in [1.82, 2.24) is 19.5 Å². The lowest BCUT2D eigenvalue weighted by molar-refractivity contribution is 0.335. The fraction of sp³-hybridized carbons (Fsp3) is 0.385. The van der Waals surface area contributed by atoms with Gasteiger partial charge in [-0.2, -0.15) is 5.10 Å². The molecule has 0 fully saturated rings. The molecule has 0 aliphatic carbocycles. The number of aryl methyl sites for hydroxylation is 2. The van der Waals surface area contributed by atoms with Gasteiger partial charge in [0.1, 0.15) is 0 Å². The fourth-order valence-electron chi connectivity index (χ4n) is 3.13. The number of rotatable bonds is 6. The first-order chi connectivity index (χ1) is 14.8. The summed E-state index contributed by atoms with van der Waals surface area (Å²) in [7, 11) is 2.17. The molecule has 168 valence electrons. The molecule has 0 radical (unpaired) electrons. The molecule has 3 aromatic rings. The normalized spacial score (nSPS) is 10.2. The quantitative estimate of drug-likeness (QED) is 0.387. The number of hydrogen-bond donors (Lipinski definition) is 0. The molecule has 0 bridgehead atoms. The zero-order valence-corrected chi connectivity index (χ0v) is 20.7. The maximum atomic E-state index is 6.03. The van der Waals surface area contributed by atoms with E-state index in [2.05, 4.69) is 55.1 Å². The molecule has 0 unspecified atom stereocenters. The summed E-state index contributed by atoms with van der Waals surface area (Å²) in [5, 5.41) is 4.90. The third-order valence-electron chi connectivity index (χ3n) is 4.65. The highest BCUT2D eigenvalue weighted by molar-refractivity contribution is 6.30. The van der Waals surface area contributed by atoms with E-state index in [1.165, 1.54) is 25.9 Å². The zero-order chi connectivity index (χ0) is 23.4. The molecule has 0 aliphatic heterocycles. The monoisotopic (exact) mass is 440 g/mol. The maximum absolute atomic E-state index is 6.03. The summed E-state index contributed by atoms with van der Waals surface area (Å²) in [4.78, 5) is 6.65. The molecule has 5 heteroatoms. The number of halogens is 1. The summed E-state index contributed by atoms with van der Waals surface area (Å²) < 4.78 is 1.86. The lowest BCUT2D eigenvalue weighted by Crippen LogP contribution is -2.19. The van der Waals surface area contributed by atoms with Crippen LogP contribution >= 0.6 is 11.6 Å². The van der Waals surface area contributed by atoms with Crippen LogP contribution in [0.5, 0.6) is 0 Å². The summed E-state index contributed by atoms with van der Waals surface area (Å²) in [6.07, 6.45) is 9.75. The number of allylic oxidation sites excluding steroid dienone is 1. The molecule has 0 spiro atoms. The summed E-state index contributed by atoms with van der Waals surface area (Å²) in [6.45, 7) is 20.4. The second-order valence-corrected chi connectivity index (χ2v) is 7.99. The average molecular weight is 441 g/mol. The summed E-state index contributed by atoms with van der Waals surface area (Å²) in [5.74, 6) is 0. The molecule has 3 aromatic heterocycles. The smallest absolute Gasteiger partial charge is 0.0696 e. The first-order valence-corrected chi connectivity index (χ1v) is 11.2. The number of fused-ring (bicyclic) bond motifs is 1. The Morgan fingerprint density at radius 1 is 1.16 bits per heavy atom. The van der Waals surface area contributed by atoms with Gasteiger partial charge in [0.05, 0.1) is 16.7 Å². The zero-order valence-electron chi connectivity index (χ0n) is 20.0. The Labute approximate surface area is 193 Å². The van der Waals surface area contributed by atoms with Crippen molar-refractivity contribution in [2.75, 3.05) is 20.1 Å². The predicted molar refractivity (Wildman–Crippen MR) is 136 cm³/mol. The van der Waals surface area contributed by atoms with E-state index >= 15 is 0 Å². The molecule has 0 N–H and O–H groups in total. The van der Waals surface area contributed by atoms with Crippen molar-refractivity contribution in [2.45, 2.75) is 47.5 Å². The number of aromatic nitrogens is 3. The van der Waals surface area contributed by atoms with Crippen LogP contribution in [0.15, 0.2) is 56.0 Å². The highest BCUT2D eigenvalue weighted by Crippen LogP contribution is 2.27. The summed E-state index contributed by atoms with van der Waals surface area (Å²) in [5.41, 5.74) is 6.08. The minimum atomic E-state index is 0.619.